The summed E-state index contributed by atoms with van der Waals surface area (Å²) in [6, 6.07) is 11.2. The largest absolute Gasteiger partial charge is 0.331 e. The van der Waals surface area contributed by atoms with Crippen molar-refractivity contribution >= 4 is 39.9 Å². The molecule has 2 atom stereocenters. The molecule has 3 aliphatic heterocycles. The van der Waals surface area contributed by atoms with Gasteiger partial charge in [-0.1, -0.05) is 35.9 Å². The Morgan fingerprint density at radius 1 is 1.18 bits per heavy atom. The van der Waals surface area contributed by atoms with E-state index in [1.54, 1.807) is 22.5 Å². The van der Waals surface area contributed by atoms with Crippen LogP contribution in [0.15, 0.2) is 54.3 Å². The maximum Gasteiger partial charge on any atom is 0.255 e. The fourth-order valence-electron chi connectivity index (χ4n) is 6.81. The van der Waals surface area contributed by atoms with Gasteiger partial charge in [-0.25, -0.2) is 14.4 Å². The van der Waals surface area contributed by atoms with Crippen molar-refractivity contribution < 1.29 is 14.0 Å². The van der Waals surface area contributed by atoms with Crippen molar-refractivity contribution in [3.63, 3.8) is 0 Å². The molecule has 7 rings (SSSR count). The highest BCUT2D eigenvalue weighted by atomic mass is 35.5. The molecule has 0 bridgehead atoms. The van der Waals surface area contributed by atoms with Crippen LogP contribution in [0, 0.1) is 12.3 Å². The van der Waals surface area contributed by atoms with E-state index in [4.69, 9.17) is 18.0 Å². The average molecular weight is 643 g/mol. The highest BCUT2D eigenvalue weighted by Gasteiger charge is 2.42. The van der Waals surface area contributed by atoms with E-state index in [2.05, 4.69) is 50.4 Å². The third-order valence-corrected chi connectivity index (χ3v) is 10.2. The van der Waals surface area contributed by atoms with Crippen molar-refractivity contribution in [2.75, 3.05) is 25.0 Å². The number of amides is 2. The van der Waals surface area contributed by atoms with E-state index in [0.717, 1.165) is 50.0 Å². The molecule has 2 aromatic heterocycles. The third-order valence-electron chi connectivity index (χ3n) is 9.16. The molecule has 0 saturated carbocycles. The summed E-state index contributed by atoms with van der Waals surface area (Å²) in [6.07, 6.45) is 10.6. The van der Waals surface area contributed by atoms with Gasteiger partial charge >= 0.3 is 0 Å². The molecule has 11 heteroatoms. The number of fused-ring (bicyclic) bond motifs is 2. The van der Waals surface area contributed by atoms with Gasteiger partial charge in [0.25, 0.3) is 11.8 Å². The van der Waals surface area contributed by atoms with Crippen LogP contribution < -0.4 is 5.32 Å². The number of likely N-dealkylation sites (tertiary alicyclic amines) is 1. The molecule has 1 saturated heterocycles. The number of carbonyl (C=O) groups excluding carboxylic acids is 2. The highest BCUT2D eigenvalue weighted by molar-refractivity contribution is 7.13. The predicted molar refractivity (Wildman–Crippen MR) is 173 cm³/mol. The SMILES string of the molecule is C#CCCN1CCC(c2ccc(-c3cc(Cl)c4c(c3)C(=O)N(C(C(=O)Nc3nccs3)c3ncn5c3C[C@@H](F)C5)C4)cc2)CC1. The van der Waals surface area contributed by atoms with Crippen LogP contribution in [-0.4, -0.2) is 62.0 Å². The lowest BCUT2D eigenvalue weighted by Crippen LogP contribution is -2.38. The standard InChI is InChI=1S/C34H32ClFN6O2S/c1-2-3-11-40-12-8-23(9-13-40)21-4-6-22(7-5-21)24-15-26-27(28(35)16-24)19-42(33(26)44)31(32(43)39-34-37-10-14-45-34)30-29-17-25(36)18-41(29)20-38-30/h1,4-7,10,14-16,20,23,25,31H,3,8-9,11-13,17-19H2,(H,37,39,43)/t25-,31?/m1/s1. The zero-order valence-corrected chi connectivity index (χ0v) is 26.2. The smallest absolute Gasteiger partial charge is 0.255 e. The number of piperidine rings is 1. The van der Waals surface area contributed by atoms with Crippen LogP contribution in [-0.2, 0) is 24.3 Å². The van der Waals surface area contributed by atoms with Crippen LogP contribution in [0.5, 0.6) is 0 Å². The number of anilines is 1. The molecular weight excluding hydrogens is 611 g/mol. The fraction of sp³-hybridized carbons (Fsp3) is 0.353. The van der Waals surface area contributed by atoms with E-state index in [1.165, 1.54) is 21.8 Å². The second-order valence-corrected chi connectivity index (χ2v) is 13.2. The lowest BCUT2D eigenvalue weighted by molar-refractivity contribution is -0.121. The summed E-state index contributed by atoms with van der Waals surface area (Å²) in [5, 5.41) is 5.44. The van der Waals surface area contributed by atoms with E-state index < -0.39 is 18.1 Å². The van der Waals surface area contributed by atoms with Gasteiger partial charge in [-0.15, -0.1) is 23.7 Å². The molecule has 1 fully saturated rings. The number of carbonyl (C=O) groups is 2. The molecule has 5 heterocycles. The summed E-state index contributed by atoms with van der Waals surface area (Å²) < 4.78 is 16.1. The molecule has 0 radical (unpaired) electrons. The predicted octanol–water partition coefficient (Wildman–Crippen LogP) is 6.09. The van der Waals surface area contributed by atoms with E-state index in [9.17, 15) is 14.0 Å². The number of terminal acetylenes is 1. The molecular formula is C34H32ClFN6O2S. The number of alkyl halides is 1. The van der Waals surface area contributed by atoms with Crippen molar-refractivity contribution in [2.45, 2.75) is 56.9 Å². The number of benzene rings is 2. The maximum absolute atomic E-state index is 14.4. The van der Waals surface area contributed by atoms with Gasteiger partial charge in [0.15, 0.2) is 11.2 Å². The Morgan fingerprint density at radius 3 is 2.71 bits per heavy atom. The topological polar surface area (TPSA) is 83.4 Å². The van der Waals surface area contributed by atoms with Crippen LogP contribution in [0.3, 0.4) is 0 Å². The van der Waals surface area contributed by atoms with Gasteiger partial charge in [-0.2, -0.15) is 0 Å². The Bertz CT molecular complexity index is 1780. The third kappa shape index (κ3) is 5.76. The second kappa shape index (κ2) is 12.4. The number of halogens is 2. The maximum atomic E-state index is 14.4. The minimum absolute atomic E-state index is 0.133. The average Bonchev–Trinajstić information content (AvgIpc) is 3.84. The summed E-state index contributed by atoms with van der Waals surface area (Å²) in [4.78, 5) is 40.4. The summed E-state index contributed by atoms with van der Waals surface area (Å²) in [7, 11) is 0. The number of hydrogen-bond acceptors (Lipinski definition) is 6. The van der Waals surface area contributed by atoms with Crippen molar-refractivity contribution in [1.82, 2.24) is 24.3 Å². The molecule has 8 nitrogen and oxygen atoms in total. The Morgan fingerprint density at radius 2 is 1.98 bits per heavy atom. The number of imidazole rings is 1. The van der Waals surface area contributed by atoms with E-state index >= 15 is 0 Å². The summed E-state index contributed by atoms with van der Waals surface area (Å²) in [5.74, 6) is 2.46. The van der Waals surface area contributed by atoms with Crippen LogP contribution >= 0.6 is 22.9 Å². The Balaban J connectivity index is 1.14. The van der Waals surface area contributed by atoms with Gasteiger partial charge in [0.05, 0.1) is 18.6 Å². The first-order chi connectivity index (χ1) is 21.9. The Labute approximate surface area is 270 Å². The van der Waals surface area contributed by atoms with Crippen LogP contribution in [0.1, 0.15) is 64.1 Å². The minimum Gasteiger partial charge on any atom is -0.331 e. The monoisotopic (exact) mass is 642 g/mol. The van der Waals surface area contributed by atoms with E-state index in [-0.39, 0.29) is 25.4 Å². The molecule has 0 aliphatic carbocycles. The zero-order chi connectivity index (χ0) is 31.1. The number of aromatic nitrogens is 3. The minimum atomic E-state index is -1.08. The van der Waals surface area contributed by atoms with Gasteiger partial charge in [-0.3, -0.25) is 14.9 Å². The molecule has 45 heavy (non-hydrogen) atoms. The normalized spacial score (nSPS) is 18.9. The number of thiazole rings is 1. The first-order valence-corrected chi connectivity index (χ1v) is 16.4. The molecule has 0 spiro atoms. The van der Waals surface area contributed by atoms with E-state index in [0.29, 0.717) is 38.6 Å². The molecule has 1 unspecified atom stereocenters. The van der Waals surface area contributed by atoms with Gasteiger partial charge in [0.1, 0.15) is 6.17 Å². The van der Waals surface area contributed by atoms with E-state index in [1.807, 2.05) is 12.1 Å². The quantitative estimate of drug-likeness (QED) is 0.235. The fourth-order valence-corrected chi connectivity index (χ4v) is 7.62. The van der Waals surface area contributed by atoms with Crippen molar-refractivity contribution in [3.05, 3.63) is 87.4 Å². The molecule has 3 aliphatic rings. The van der Waals surface area contributed by atoms with Crippen molar-refractivity contribution in [2.24, 2.45) is 0 Å². The number of nitrogens with zero attached hydrogens (tertiary/aromatic N) is 5. The lowest BCUT2D eigenvalue weighted by Gasteiger charge is -2.31. The first-order valence-electron chi connectivity index (χ1n) is 15.2. The van der Waals surface area contributed by atoms with Gasteiger partial charge in [0, 0.05) is 59.4 Å². The second-order valence-electron chi connectivity index (χ2n) is 11.9. The Kier molecular flexibility index (Phi) is 8.17. The summed E-state index contributed by atoms with van der Waals surface area (Å²) in [5.41, 5.74) is 5.20. The van der Waals surface area contributed by atoms with Crippen LogP contribution in [0.25, 0.3) is 11.1 Å². The molecule has 4 aromatic rings. The highest BCUT2D eigenvalue weighted by Crippen LogP contribution is 2.40. The van der Waals surface area contributed by atoms with Crippen LogP contribution in [0.2, 0.25) is 5.02 Å². The molecule has 2 aromatic carbocycles. The van der Waals surface area contributed by atoms with Gasteiger partial charge < -0.3 is 14.4 Å². The molecule has 230 valence electrons. The number of rotatable bonds is 8. The number of nitrogens with one attached hydrogen (secondary N) is 1. The van der Waals surface area contributed by atoms with Crippen molar-refractivity contribution in [3.8, 4) is 23.5 Å². The first kappa shape index (κ1) is 29.7. The zero-order valence-electron chi connectivity index (χ0n) is 24.6. The molecule has 1 N–H and O–H groups in total. The number of hydrogen-bond donors (Lipinski definition) is 1. The van der Waals surface area contributed by atoms with Crippen molar-refractivity contribution in [1.29, 1.82) is 0 Å². The van der Waals surface area contributed by atoms with Crippen LogP contribution in [0.4, 0.5) is 9.52 Å². The summed E-state index contributed by atoms with van der Waals surface area (Å²) >= 11 is 8.10. The Hall–Kier alpha value is -4.04. The molecule has 2 amide bonds. The summed E-state index contributed by atoms with van der Waals surface area (Å²) in [6.45, 7) is 3.36. The van der Waals surface area contributed by atoms with Gasteiger partial charge in [0.2, 0.25) is 0 Å². The van der Waals surface area contributed by atoms with Gasteiger partial charge in [-0.05, 0) is 60.7 Å². The lowest BCUT2D eigenvalue weighted by atomic mass is 9.88.